The number of halogens is 3. The number of aromatic nitrogens is 4. The minimum atomic E-state index is -1.20. The van der Waals surface area contributed by atoms with Crippen LogP contribution in [0.1, 0.15) is 87.2 Å². The predicted octanol–water partition coefficient (Wildman–Crippen LogP) is 6.93. The lowest BCUT2D eigenvalue weighted by Crippen LogP contribution is -2.43. The average molecular weight is 1160 g/mol. The van der Waals surface area contributed by atoms with Gasteiger partial charge in [-0.2, -0.15) is 0 Å². The number of carboxylic acid groups (broad SMARTS) is 1. The number of aliphatic hydroxyl groups is 3. The van der Waals surface area contributed by atoms with Crippen molar-refractivity contribution in [3.63, 3.8) is 0 Å². The van der Waals surface area contributed by atoms with Gasteiger partial charge in [0.15, 0.2) is 0 Å². The molecule has 0 aliphatic rings. The van der Waals surface area contributed by atoms with Crippen LogP contribution in [0.5, 0.6) is 0 Å². The molecule has 0 saturated heterocycles. The third-order valence-electron chi connectivity index (χ3n) is 11.4. The monoisotopic (exact) mass is 1150 g/mol. The topological polar surface area (TPSA) is 258 Å². The van der Waals surface area contributed by atoms with Crippen molar-refractivity contribution in [3.05, 3.63) is 150 Å². The molecule has 18 nitrogen and oxygen atoms in total. The lowest BCUT2D eigenvalue weighted by Gasteiger charge is -2.31. The highest BCUT2D eigenvalue weighted by atomic mass is 79.9. The molecule has 6 aromatic rings. The molecular weight excluding hydrogens is 1080 g/mol. The number of carbonyl (C=O) groups excluding carboxylic acids is 3. The van der Waals surface area contributed by atoms with Crippen molar-refractivity contribution >= 4 is 84.9 Å². The highest BCUT2D eigenvalue weighted by Gasteiger charge is 2.26. The maximum atomic E-state index is 13.3. The highest BCUT2D eigenvalue weighted by Crippen LogP contribution is 2.19. The maximum Gasteiger partial charge on any atom is 0.323 e. The Morgan fingerprint density at radius 2 is 1.07 bits per heavy atom. The van der Waals surface area contributed by atoms with E-state index >= 15 is 0 Å². The summed E-state index contributed by atoms with van der Waals surface area (Å²) >= 11 is 15.0. The first-order valence-corrected chi connectivity index (χ1v) is 26.3. The number of aliphatic carboxylic acids is 1. The number of amides is 3. The third kappa shape index (κ3) is 20.5. The molecule has 0 bridgehead atoms. The molecular formula is C55H71BrCl2N8O10. The number of carbonyl (C=O) groups is 4. The van der Waals surface area contributed by atoms with Crippen LogP contribution in [0.15, 0.2) is 107 Å². The fraction of sp³-hybridized carbons (Fsp3) is 0.418. The van der Waals surface area contributed by atoms with Crippen LogP contribution in [0.3, 0.4) is 0 Å². The summed E-state index contributed by atoms with van der Waals surface area (Å²) in [7, 11) is 0. The van der Waals surface area contributed by atoms with Crippen molar-refractivity contribution in [2.75, 3.05) is 51.3 Å². The lowest BCUT2D eigenvalue weighted by atomic mass is 9.94. The molecule has 7 N–H and O–H groups in total. The first-order chi connectivity index (χ1) is 35.8. The van der Waals surface area contributed by atoms with Crippen molar-refractivity contribution in [1.82, 2.24) is 40.0 Å². The van der Waals surface area contributed by atoms with E-state index in [-0.39, 0.29) is 73.0 Å². The van der Waals surface area contributed by atoms with Crippen LogP contribution in [-0.2, 0) is 35.8 Å². The van der Waals surface area contributed by atoms with Gasteiger partial charge in [0.2, 0.25) is 5.91 Å². The molecule has 4 aromatic heterocycles. The maximum absolute atomic E-state index is 13.3. The number of hydrogen-bond donors (Lipinski definition) is 7. The standard InChI is InChI=1S/C25H29ClN4O4.C18H14ClN3O4.C7H17NO.C5H11BrO/c1-4-29(15-25(2,3)16-31)21(32)14-30-22-18(6-5-11-27-22)12-20(24(30)34)23(33)28-13-17-7-9-19(26)10-8-17;19-13-5-3-11(4-6-13)9-21-17(25)14-8-12-2-1-7-20-16(12)22(18(14)26)10-15(23)24;1-4-8-5-7(2,3)6-9;1-5(2,3-6)4-7/h5-12,31H,4,13-16H2,1-3H3,(H,28,33);1-8H,9-10H2,(H,21,25)(H,23,24);8-9H,4-6H2,1-3H3;7H,3-4H2,1-2H3. The predicted molar refractivity (Wildman–Crippen MR) is 302 cm³/mol. The Bertz CT molecular complexity index is 2980. The molecule has 0 unspecified atom stereocenters. The van der Waals surface area contributed by atoms with Crippen molar-refractivity contribution in [1.29, 1.82) is 0 Å². The van der Waals surface area contributed by atoms with Crippen LogP contribution < -0.4 is 27.1 Å². The number of nitrogens with one attached hydrogen (secondary N) is 3. The van der Waals surface area contributed by atoms with Gasteiger partial charge in [-0.1, -0.05) is 112 Å². The second-order valence-corrected chi connectivity index (χ2v) is 21.5. The Kier molecular flexibility index (Phi) is 25.9. The minimum Gasteiger partial charge on any atom is -0.480 e. The minimum absolute atomic E-state index is 0.0377. The average Bonchev–Trinajstić information content (AvgIpc) is 3.41. The normalized spacial score (nSPS) is 11.3. The van der Waals surface area contributed by atoms with Crippen molar-refractivity contribution < 1.29 is 39.6 Å². The van der Waals surface area contributed by atoms with E-state index in [0.29, 0.717) is 39.6 Å². The van der Waals surface area contributed by atoms with Crippen molar-refractivity contribution in [3.8, 4) is 0 Å². The SMILES string of the molecule is CC(C)(CO)CBr.CCN(CC(C)(C)CO)C(=O)Cn1c(=O)c(C(=O)NCc2ccc(Cl)cc2)cc2cccnc21.CCNCC(C)(C)CO.O=C(O)Cn1c(=O)c(C(=O)NCc2ccc(Cl)cc2)cc2cccnc21. The molecule has 0 radical (unpaired) electrons. The Morgan fingerprint density at radius 3 is 1.42 bits per heavy atom. The van der Waals surface area contributed by atoms with Crippen molar-refractivity contribution in [2.45, 2.75) is 81.6 Å². The van der Waals surface area contributed by atoms with Crippen LogP contribution in [-0.4, -0.2) is 119 Å². The first-order valence-electron chi connectivity index (χ1n) is 24.5. The summed E-state index contributed by atoms with van der Waals surface area (Å²) < 4.78 is 2.22. The number of pyridine rings is 4. The summed E-state index contributed by atoms with van der Waals surface area (Å²) in [6.45, 7) is 18.3. The second kappa shape index (κ2) is 30.6. The fourth-order valence-corrected chi connectivity index (χ4v) is 7.10. The Morgan fingerprint density at radius 1 is 0.645 bits per heavy atom. The molecule has 0 aliphatic carbocycles. The number of rotatable bonds is 20. The van der Waals surface area contributed by atoms with E-state index in [1.54, 1.807) is 77.7 Å². The van der Waals surface area contributed by atoms with Crippen LogP contribution in [0, 0.1) is 16.2 Å². The van der Waals surface area contributed by atoms with Crippen LogP contribution in [0.4, 0.5) is 0 Å². The van der Waals surface area contributed by atoms with Crippen molar-refractivity contribution in [2.24, 2.45) is 16.2 Å². The van der Waals surface area contributed by atoms with E-state index in [4.69, 9.17) is 38.5 Å². The largest absolute Gasteiger partial charge is 0.480 e. The summed E-state index contributed by atoms with van der Waals surface area (Å²) in [5.74, 6) is -2.62. The number of alkyl halides is 1. The van der Waals surface area contributed by atoms with Gasteiger partial charge >= 0.3 is 5.97 Å². The lowest BCUT2D eigenvalue weighted by molar-refractivity contribution is -0.137. The second-order valence-electron chi connectivity index (χ2n) is 20.0. The molecule has 0 atom stereocenters. The number of carboxylic acids is 1. The van der Waals surface area contributed by atoms with E-state index in [2.05, 4.69) is 48.8 Å². The van der Waals surface area contributed by atoms with Gasteiger partial charge in [-0.15, -0.1) is 0 Å². The van der Waals surface area contributed by atoms with Gasteiger partial charge in [-0.3, -0.25) is 37.9 Å². The van der Waals surface area contributed by atoms with E-state index in [0.717, 1.165) is 34.1 Å². The Hall–Kier alpha value is -6.06. The number of nitrogens with zero attached hydrogens (tertiary/aromatic N) is 5. The molecule has 2 aromatic carbocycles. The van der Waals surface area contributed by atoms with Gasteiger partial charge < -0.3 is 41.3 Å². The van der Waals surface area contributed by atoms with E-state index in [1.165, 1.54) is 29.1 Å². The molecule has 4 heterocycles. The zero-order valence-electron chi connectivity index (χ0n) is 44.3. The quantitative estimate of drug-likeness (QED) is 0.0384. The number of hydrogen-bond acceptors (Lipinski definition) is 12. The van der Waals surface area contributed by atoms with Crippen LogP contribution in [0.25, 0.3) is 22.1 Å². The number of likely N-dealkylation sites (N-methyl/N-ethyl adjacent to an activating group) is 1. The zero-order valence-corrected chi connectivity index (χ0v) is 47.4. The molecule has 0 spiro atoms. The summed E-state index contributed by atoms with van der Waals surface area (Å²) in [5, 5.41) is 47.7. The number of benzene rings is 2. The molecule has 412 valence electrons. The molecule has 21 heteroatoms. The molecule has 0 aliphatic heterocycles. The van der Waals surface area contributed by atoms with Gasteiger partial charge in [-0.25, -0.2) is 9.97 Å². The summed E-state index contributed by atoms with van der Waals surface area (Å²) in [5.41, 5.74) is 0.300. The zero-order chi connectivity index (χ0) is 56.8. The Labute approximate surface area is 461 Å². The van der Waals surface area contributed by atoms with Gasteiger partial charge in [-0.05, 0) is 90.7 Å². The number of fused-ring (bicyclic) bond motifs is 2. The van der Waals surface area contributed by atoms with Gasteiger partial charge in [0, 0.05) is 102 Å². The van der Waals surface area contributed by atoms with Gasteiger partial charge in [0.05, 0.1) is 0 Å². The molecule has 76 heavy (non-hydrogen) atoms. The first kappa shape index (κ1) is 64.2. The molecule has 3 amide bonds. The van der Waals surface area contributed by atoms with E-state index in [1.807, 2.05) is 48.5 Å². The Balaban J connectivity index is 0.000000317. The summed E-state index contributed by atoms with van der Waals surface area (Å²) in [6, 6.07) is 23.6. The van der Waals surface area contributed by atoms with Crippen LogP contribution >= 0.6 is 39.1 Å². The molecule has 0 fully saturated rings. The molecule has 0 saturated carbocycles. The third-order valence-corrected chi connectivity index (χ3v) is 13.4. The highest BCUT2D eigenvalue weighted by molar-refractivity contribution is 9.09. The number of aliphatic hydroxyl groups excluding tert-OH is 3. The fourth-order valence-electron chi connectivity index (χ4n) is 6.67. The summed E-state index contributed by atoms with van der Waals surface area (Å²) in [6.07, 6.45) is 3.00. The van der Waals surface area contributed by atoms with E-state index in [9.17, 15) is 33.9 Å². The molecule has 6 rings (SSSR count). The van der Waals surface area contributed by atoms with Gasteiger partial charge in [0.1, 0.15) is 35.5 Å². The summed E-state index contributed by atoms with van der Waals surface area (Å²) in [4.78, 5) is 85.4. The van der Waals surface area contributed by atoms with Crippen LogP contribution in [0.2, 0.25) is 10.0 Å². The smallest absolute Gasteiger partial charge is 0.323 e. The van der Waals surface area contributed by atoms with Gasteiger partial charge in [0.25, 0.3) is 22.9 Å². The van der Waals surface area contributed by atoms with E-state index < -0.39 is 40.9 Å².